The second-order valence-electron chi connectivity index (χ2n) is 8.61. The molecule has 1 saturated heterocycles. The van der Waals surface area contributed by atoms with Gasteiger partial charge in [0.1, 0.15) is 5.54 Å². The highest BCUT2D eigenvalue weighted by atomic mass is 19.3. The molecule has 3 amide bonds. The number of carbonyl (C=O) groups excluding carboxylic acids is 2. The highest BCUT2D eigenvalue weighted by Gasteiger charge is 2.48. The Balaban J connectivity index is 0.000000223. The van der Waals surface area contributed by atoms with Crippen molar-refractivity contribution >= 4 is 17.6 Å². The molecule has 1 fully saturated rings. The Labute approximate surface area is 222 Å². The van der Waals surface area contributed by atoms with E-state index < -0.39 is 30.1 Å². The molecule has 40 heavy (non-hydrogen) atoms. The number of halogens is 4. The molecule has 3 aliphatic heterocycles. The number of aromatic nitrogens is 2. The smallest absolute Gasteiger partial charge is 0.504 e. The van der Waals surface area contributed by atoms with Crippen molar-refractivity contribution in [2.45, 2.75) is 38.4 Å². The molecule has 12 nitrogen and oxygen atoms in total. The fraction of sp³-hybridized carbons (Fsp3) is 0.250. The zero-order valence-corrected chi connectivity index (χ0v) is 20.5. The van der Waals surface area contributed by atoms with Crippen molar-refractivity contribution < 1.29 is 55.9 Å². The van der Waals surface area contributed by atoms with Crippen LogP contribution < -0.4 is 33.9 Å². The maximum absolute atomic E-state index is 13.2. The summed E-state index contributed by atoms with van der Waals surface area (Å²) in [6, 6.07) is 7.26. The molecule has 2 N–H and O–H groups in total. The minimum Gasteiger partial charge on any atom is -0.504 e. The topological polar surface area (TPSA) is 142 Å². The molecule has 3 aromatic rings. The van der Waals surface area contributed by atoms with Gasteiger partial charge in [-0.25, -0.2) is 19.7 Å². The Morgan fingerprint density at radius 1 is 0.925 bits per heavy atom. The number of urea groups is 1. The van der Waals surface area contributed by atoms with Gasteiger partial charge in [0.2, 0.25) is 11.5 Å². The number of hydrogen-bond donors (Lipinski definition) is 2. The normalized spacial score (nSPS) is 21.0. The van der Waals surface area contributed by atoms with Crippen LogP contribution in [0.5, 0.6) is 40.5 Å². The number of alkyl halides is 4. The SMILES string of the molecule is CC[C@@]1(C)NC(=O)N(c2cnc(Oc3cccc4c3OC(F)(F)O4)nc2)C1=O.Oc1cccc2c1OC(F)(F)O2. The van der Waals surface area contributed by atoms with Crippen molar-refractivity contribution in [1.82, 2.24) is 15.3 Å². The van der Waals surface area contributed by atoms with E-state index in [1.54, 1.807) is 13.8 Å². The van der Waals surface area contributed by atoms with Gasteiger partial charge in [0.05, 0.1) is 18.1 Å². The van der Waals surface area contributed by atoms with Gasteiger partial charge in [0.15, 0.2) is 23.0 Å². The third kappa shape index (κ3) is 4.90. The van der Waals surface area contributed by atoms with Gasteiger partial charge >= 0.3 is 24.6 Å². The average Bonchev–Trinajstić information content (AvgIpc) is 3.47. The van der Waals surface area contributed by atoms with Gasteiger partial charge < -0.3 is 34.1 Å². The Morgan fingerprint density at radius 2 is 1.50 bits per heavy atom. The largest absolute Gasteiger partial charge is 0.586 e. The van der Waals surface area contributed by atoms with E-state index in [2.05, 4.69) is 34.2 Å². The molecule has 2 aromatic carbocycles. The van der Waals surface area contributed by atoms with Gasteiger partial charge in [0.25, 0.3) is 5.91 Å². The van der Waals surface area contributed by atoms with E-state index in [4.69, 9.17) is 9.84 Å². The summed E-state index contributed by atoms with van der Waals surface area (Å²) in [5.41, 5.74) is -0.851. The summed E-state index contributed by atoms with van der Waals surface area (Å²) in [5, 5.41) is 11.6. The second-order valence-corrected chi connectivity index (χ2v) is 8.61. The number of fused-ring (bicyclic) bond motifs is 2. The summed E-state index contributed by atoms with van der Waals surface area (Å²) < 4.78 is 73.4. The fourth-order valence-electron chi connectivity index (χ4n) is 3.71. The lowest BCUT2D eigenvalue weighted by molar-refractivity contribution is -0.287. The molecule has 0 bridgehead atoms. The number of nitrogens with one attached hydrogen (secondary N) is 1. The van der Waals surface area contributed by atoms with Crippen LogP contribution in [0.1, 0.15) is 20.3 Å². The number of ether oxygens (including phenoxy) is 5. The number of para-hydroxylation sites is 2. The second kappa shape index (κ2) is 9.32. The van der Waals surface area contributed by atoms with Crippen LogP contribution in [0.25, 0.3) is 0 Å². The van der Waals surface area contributed by atoms with Crippen molar-refractivity contribution in [1.29, 1.82) is 0 Å². The number of phenols is 1. The number of hydrogen-bond acceptors (Lipinski definition) is 10. The molecule has 0 saturated carbocycles. The van der Waals surface area contributed by atoms with Gasteiger partial charge in [-0.2, -0.15) is 0 Å². The molecule has 0 aliphatic carbocycles. The predicted molar refractivity (Wildman–Crippen MR) is 124 cm³/mol. The Kier molecular flexibility index (Phi) is 6.19. The first-order valence-corrected chi connectivity index (χ1v) is 11.4. The first-order chi connectivity index (χ1) is 18.8. The van der Waals surface area contributed by atoms with Crippen LogP contribution in [0.2, 0.25) is 0 Å². The van der Waals surface area contributed by atoms with Crippen molar-refractivity contribution in [2.24, 2.45) is 0 Å². The monoisotopic (exact) mass is 566 g/mol. The number of carbonyl (C=O) groups is 2. The summed E-state index contributed by atoms with van der Waals surface area (Å²) in [6.45, 7) is 3.40. The Bertz CT molecular complexity index is 1490. The van der Waals surface area contributed by atoms with Gasteiger partial charge in [0, 0.05) is 0 Å². The van der Waals surface area contributed by atoms with E-state index in [0.717, 1.165) is 4.90 Å². The quantitative estimate of drug-likeness (QED) is 0.342. The zero-order chi connectivity index (χ0) is 28.9. The number of imide groups is 1. The highest BCUT2D eigenvalue weighted by molar-refractivity contribution is 6.23. The van der Waals surface area contributed by atoms with E-state index in [1.165, 1.54) is 48.8 Å². The number of phenolic OH excluding ortho intramolecular Hbond substituents is 1. The third-order valence-corrected chi connectivity index (χ3v) is 5.84. The molecule has 1 atom stereocenters. The van der Waals surface area contributed by atoms with Crippen LogP contribution in [-0.2, 0) is 4.79 Å². The Morgan fingerprint density at radius 3 is 2.08 bits per heavy atom. The average molecular weight is 566 g/mol. The number of aromatic hydroxyl groups is 1. The van der Waals surface area contributed by atoms with Gasteiger partial charge in [-0.05, 0) is 37.6 Å². The summed E-state index contributed by atoms with van der Waals surface area (Å²) in [6.07, 6.45) is -4.60. The van der Waals surface area contributed by atoms with E-state index in [-0.39, 0.29) is 46.2 Å². The maximum atomic E-state index is 13.2. The van der Waals surface area contributed by atoms with Crippen LogP contribution in [0.4, 0.5) is 28.0 Å². The molecule has 210 valence electrons. The molecule has 6 rings (SSSR count). The molecule has 0 spiro atoms. The molecule has 0 unspecified atom stereocenters. The van der Waals surface area contributed by atoms with Gasteiger partial charge in [-0.15, -0.1) is 17.6 Å². The Hall–Kier alpha value is -5.02. The number of anilines is 1. The maximum Gasteiger partial charge on any atom is 0.586 e. The first-order valence-electron chi connectivity index (χ1n) is 11.4. The molecule has 4 heterocycles. The van der Waals surface area contributed by atoms with Gasteiger partial charge in [-0.1, -0.05) is 19.1 Å². The van der Waals surface area contributed by atoms with E-state index in [1.807, 2.05) is 0 Å². The summed E-state index contributed by atoms with van der Waals surface area (Å²) >= 11 is 0. The van der Waals surface area contributed by atoms with Crippen molar-refractivity contribution in [3.63, 3.8) is 0 Å². The lowest BCUT2D eigenvalue weighted by Crippen LogP contribution is -2.43. The van der Waals surface area contributed by atoms with Crippen LogP contribution in [0.3, 0.4) is 0 Å². The van der Waals surface area contributed by atoms with Crippen molar-refractivity contribution in [3.8, 4) is 40.5 Å². The third-order valence-electron chi connectivity index (χ3n) is 5.84. The number of rotatable bonds is 4. The lowest BCUT2D eigenvalue weighted by Gasteiger charge is -2.19. The summed E-state index contributed by atoms with van der Waals surface area (Å²) in [7, 11) is 0. The van der Waals surface area contributed by atoms with E-state index in [9.17, 15) is 27.2 Å². The van der Waals surface area contributed by atoms with Crippen LogP contribution in [-0.4, -0.2) is 45.1 Å². The van der Waals surface area contributed by atoms with Crippen LogP contribution in [0.15, 0.2) is 48.8 Å². The zero-order valence-electron chi connectivity index (χ0n) is 20.5. The van der Waals surface area contributed by atoms with E-state index >= 15 is 0 Å². The summed E-state index contributed by atoms with van der Waals surface area (Å²) in [5.74, 6) is -1.79. The van der Waals surface area contributed by atoms with Gasteiger partial charge in [-0.3, -0.25) is 4.79 Å². The molecule has 3 aliphatic rings. The molecule has 1 aromatic heterocycles. The highest BCUT2D eigenvalue weighted by Crippen LogP contribution is 2.48. The fourth-order valence-corrected chi connectivity index (χ4v) is 3.71. The standard InChI is InChI=1S/C17H14F2N4O5.C7H4F2O3/c1-3-16(2)13(24)23(15(25)22-16)9-7-20-14(21-8-9)26-10-5-4-6-11-12(10)28-17(18,19)27-11;8-7(9)11-5-3-1-2-4(10)6(5)12-7/h4-8H,3H2,1-2H3,(H,22,25);1-3,10H/t16-;/m1./s1. The minimum absolute atomic E-state index is 0.0732. The number of benzene rings is 2. The molecule has 0 radical (unpaired) electrons. The summed E-state index contributed by atoms with van der Waals surface area (Å²) in [4.78, 5) is 33.4. The predicted octanol–water partition coefficient (Wildman–Crippen LogP) is 4.53. The lowest BCUT2D eigenvalue weighted by atomic mass is 9.99. The number of amides is 3. The van der Waals surface area contributed by atoms with Crippen molar-refractivity contribution in [2.75, 3.05) is 4.90 Å². The molecule has 16 heteroatoms. The number of nitrogens with zero attached hydrogens (tertiary/aromatic N) is 3. The molecular formula is C24H18F4N4O8. The van der Waals surface area contributed by atoms with Crippen molar-refractivity contribution in [3.05, 3.63) is 48.8 Å². The van der Waals surface area contributed by atoms with E-state index in [0.29, 0.717) is 6.42 Å². The minimum atomic E-state index is -3.79. The van der Waals surface area contributed by atoms with Crippen LogP contribution >= 0.6 is 0 Å². The first kappa shape index (κ1) is 26.6. The van der Waals surface area contributed by atoms with Crippen LogP contribution in [0, 0.1) is 0 Å². The molecular weight excluding hydrogens is 548 g/mol.